The maximum atomic E-state index is 14.0. The lowest BCUT2D eigenvalue weighted by molar-refractivity contribution is -0.184. The third kappa shape index (κ3) is 6.95. The number of aromatic nitrogens is 1. The van der Waals surface area contributed by atoms with Gasteiger partial charge in [-0.25, -0.2) is 9.78 Å². The van der Waals surface area contributed by atoms with Crippen molar-refractivity contribution < 1.29 is 38.8 Å². The van der Waals surface area contributed by atoms with Crippen LogP contribution in [0.2, 0.25) is 0 Å². The fourth-order valence-electron chi connectivity index (χ4n) is 11.1. The first-order valence-electron chi connectivity index (χ1n) is 20.7. The molecular formula is C43H58N6O8. The second-order valence-corrected chi connectivity index (χ2v) is 17.6. The summed E-state index contributed by atoms with van der Waals surface area (Å²) in [7, 11) is 1.95. The minimum Gasteiger partial charge on any atom is -0.423 e. The number of amides is 2. The van der Waals surface area contributed by atoms with E-state index in [1.165, 1.54) is 0 Å². The Labute approximate surface area is 335 Å². The number of hydrogen-bond acceptors (Lipinski definition) is 12. The van der Waals surface area contributed by atoms with Crippen LogP contribution in [0.1, 0.15) is 59.8 Å². The van der Waals surface area contributed by atoms with Crippen LogP contribution in [0.15, 0.2) is 71.8 Å². The Hall–Kier alpha value is -3.92. The number of carbonyl (C=O) groups excluding carboxylic acids is 3. The topological polar surface area (TPSA) is 169 Å². The van der Waals surface area contributed by atoms with Crippen LogP contribution in [-0.2, 0) is 28.6 Å². The number of carbonyl (C=O) groups is 3. The normalized spacial score (nSPS) is 38.1. The number of nitrogens with one attached hydrogen (secondary N) is 2. The zero-order valence-corrected chi connectivity index (χ0v) is 33.7. The predicted octanol–water partition coefficient (Wildman–Crippen LogP) is 2.72. The summed E-state index contributed by atoms with van der Waals surface area (Å²) < 4.78 is 18.0. The number of aliphatic hydroxyl groups excluding tert-OH is 2. The maximum Gasteiger partial charge on any atom is 0.341 e. The first-order chi connectivity index (χ1) is 27.3. The predicted molar refractivity (Wildman–Crippen MR) is 211 cm³/mol. The zero-order chi connectivity index (χ0) is 40.3. The molecule has 8 unspecified atom stereocenters. The van der Waals surface area contributed by atoms with Gasteiger partial charge in [0.05, 0.1) is 56.2 Å². The first kappa shape index (κ1) is 39.9. The van der Waals surface area contributed by atoms with Gasteiger partial charge in [0, 0.05) is 36.9 Å². The molecule has 2 amide bonds. The Bertz CT molecular complexity index is 1860. The number of pyridine rings is 1. The Morgan fingerprint density at radius 3 is 2.65 bits per heavy atom. The number of morpholine rings is 1. The van der Waals surface area contributed by atoms with Gasteiger partial charge in [-0.3, -0.25) is 19.4 Å². The summed E-state index contributed by atoms with van der Waals surface area (Å²) in [6.45, 7) is 10.5. The highest BCUT2D eigenvalue weighted by Gasteiger charge is 2.71. The van der Waals surface area contributed by atoms with Gasteiger partial charge in [-0.15, -0.1) is 0 Å². The largest absolute Gasteiger partial charge is 0.423 e. The summed E-state index contributed by atoms with van der Waals surface area (Å²) in [6, 6.07) is 4.08. The summed E-state index contributed by atoms with van der Waals surface area (Å²) in [6.07, 6.45) is 13.2. The summed E-state index contributed by atoms with van der Waals surface area (Å²) in [5, 5.41) is 29.7. The van der Waals surface area contributed by atoms with E-state index in [0.29, 0.717) is 82.2 Å². The van der Waals surface area contributed by atoms with Gasteiger partial charge < -0.3 is 40.0 Å². The van der Waals surface area contributed by atoms with Crippen LogP contribution in [0.5, 0.6) is 0 Å². The number of ether oxygens (including phenoxy) is 3. The number of rotatable bonds is 11. The minimum atomic E-state index is -0.798. The van der Waals surface area contributed by atoms with E-state index in [1.807, 2.05) is 69.3 Å². The van der Waals surface area contributed by atoms with Gasteiger partial charge in [0.25, 0.3) is 0 Å². The van der Waals surface area contributed by atoms with E-state index >= 15 is 0 Å². The summed E-state index contributed by atoms with van der Waals surface area (Å²) in [4.78, 5) is 51.1. The Kier molecular flexibility index (Phi) is 10.7. The highest BCUT2D eigenvalue weighted by molar-refractivity contribution is 5.95. The number of allylic oxidation sites excluding steroid dienone is 4. The van der Waals surface area contributed by atoms with Crippen molar-refractivity contribution in [2.75, 3.05) is 51.9 Å². The van der Waals surface area contributed by atoms with Crippen molar-refractivity contribution in [3.05, 3.63) is 71.8 Å². The molecular weight excluding hydrogens is 729 g/mol. The Balaban J connectivity index is 1.14. The van der Waals surface area contributed by atoms with Crippen LogP contribution in [0.25, 0.3) is 0 Å². The lowest BCUT2D eigenvalue weighted by atomic mass is 9.43. The van der Waals surface area contributed by atoms with Crippen LogP contribution < -0.4 is 10.6 Å². The van der Waals surface area contributed by atoms with E-state index < -0.39 is 40.6 Å². The minimum absolute atomic E-state index is 0.00481. The number of cyclic esters (lactones) is 1. The third-order valence-corrected chi connectivity index (χ3v) is 14.5. The SMILES string of the molecule is CCC1C(=O)N2C=C(C=C3C=C(C(CC4C5(CO5)C(NC(C)C(=O)N5CCOCC5)CC5[C@]4(C)CC[C@@H](O)[C@@]5(C)CO)Nc4ccccn4)C(=O)O3)C=CC2N1C. The van der Waals surface area contributed by atoms with Gasteiger partial charge >= 0.3 is 5.97 Å². The van der Waals surface area contributed by atoms with Crippen molar-refractivity contribution in [2.45, 2.75) is 102 Å². The molecule has 0 aromatic carbocycles. The highest BCUT2D eigenvalue weighted by Crippen LogP contribution is 2.66. The third-order valence-electron chi connectivity index (χ3n) is 14.5. The number of likely N-dealkylation sites (N-methyl/N-ethyl adjacent to an activating group) is 1. The average Bonchev–Trinajstić information content (AvgIpc) is 3.87. The van der Waals surface area contributed by atoms with Gasteiger partial charge in [0.2, 0.25) is 11.8 Å². The number of anilines is 1. The molecule has 2 saturated carbocycles. The molecule has 0 radical (unpaired) electrons. The summed E-state index contributed by atoms with van der Waals surface area (Å²) >= 11 is 0. The second-order valence-electron chi connectivity index (χ2n) is 17.6. The van der Waals surface area contributed by atoms with Crippen molar-refractivity contribution >= 4 is 23.6 Å². The Morgan fingerprint density at radius 2 is 1.96 bits per heavy atom. The molecule has 1 aromatic rings. The van der Waals surface area contributed by atoms with E-state index in [-0.39, 0.29) is 48.5 Å². The number of epoxide rings is 1. The number of hydrogen-bond donors (Lipinski definition) is 4. The van der Waals surface area contributed by atoms with Crippen LogP contribution in [0.3, 0.4) is 0 Å². The standard InChI is InChI=1S/C43H58N6O8/c1-6-31-39(53)49-23-27(10-11-37(49)47(31)5)19-28-20-29(40(54)57-28)30(46-36-9-7-8-14-44-36)21-33-41(3)13-12-35(51)42(4,24-50)32(41)22-34(43(33)25-56-43)45-26(2)38(52)48-15-17-55-18-16-48/h7-11,14,19-20,23,26,30-35,37,45,50-51H,6,12-13,15-18,21-22,24-25H2,1-5H3,(H,44,46)/t26?,30?,31?,32?,33?,34?,35-,37?,41+,42+,43?/m1/s1. The molecule has 14 heteroatoms. The molecule has 6 heterocycles. The van der Waals surface area contributed by atoms with Crippen molar-refractivity contribution in [3.8, 4) is 0 Å². The molecule has 11 atom stereocenters. The molecule has 1 aromatic heterocycles. The van der Waals surface area contributed by atoms with Gasteiger partial charge in [0.1, 0.15) is 23.3 Å². The molecule has 308 valence electrons. The molecule has 8 rings (SSSR count). The van der Waals surface area contributed by atoms with Gasteiger partial charge in [-0.05, 0) is 99.3 Å². The quantitative estimate of drug-likeness (QED) is 0.192. The van der Waals surface area contributed by atoms with E-state index in [4.69, 9.17) is 14.2 Å². The molecule has 3 saturated heterocycles. The lowest BCUT2D eigenvalue weighted by Gasteiger charge is -2.63. The summed E-state index contributed by atoms with van der Waals surface area (Å²) in [5.74, 6) is 0.243. The first-order valence-corrected chi connectivity index (χ1v) is 20.7. The number of esters is 1. The monoisotopic (exact) mass is 786 g/mol. The molecule has 1 spiro atoms. The van der Waals surface area contributed by atoms with E-state index in [2.05, 4.69) is 27.4 Å². The lowest BCUT2D eigenvalue weighted by Crippen LogP contribution is -2.68. The van der Waals surface area contributed by atoms with E-state index in [9.17, 15) is 24.6 Å². The van der Waals surface area contributed by atoms with Crippen molar-refractivity contribution in [2.24, 2.45) is 22.7 Å². The van der Waals surface area contributed by atoms with Crippen LogP contribution >= 0.6 is 0 Å². The van der Waals surface area contributed by atoms with Crippen LogP contribution in [0.4, 0.5) is 5.82 Å². The number of fused-ring (bicyclic) bond motifs is 2. The van der Waals surface area contributed by atoms with Crippen molar-refractivity contribution in [1.82, 2.24) is 25.0 Å². The molecule has 4 N–H and O–H groups in total. The molecule has 57 heavy (non-hydrogen) atoms. The maximum absolute atomic E-state index is 14.0. The Morgan fingerprint density at radius 1 is 1.19 bits per heavy atom. The van der Waals surface area contributed by atoms with Crippen molar-refractivity contribution in [1.29, 1.82) is 0 Å². The molecule has 2 aliphatic carbocycles. The second kappa shape index (κ2) is 15.4. The van der Waals surface area contributed by atoms with E-state index in [0.717, 1.165) is 5.57 Å². The smallest absolute Gasteiger partial charge is 0.341 e. The molecule has 0 bridgehead atoms. The van der Waals surface area contributed by atoms with Gasteiger partial charge in [0.15, 0.2) is 0 Å². The van der Waals surface area contributed by atoms with Gasteiger partial charge in [-0.1, -0.05) is 32.9 Å². The van der Waals surface area contributed by atoms with Crippen LogP contribution in [-0.4, -0.2) is 136 Å². The summed E-state index contributed by atoms with van der Waals surface area (Å²) in [5.41, 5.74) is -0.681. The number of nitrogens with zero attached hydrogens (tertiary/aromatic N) is 4. The van der Waals surface area contributed by atoms with E-state index in [1.54, 1.807) is 23.2 Å². The number of aliphatic hydroxyl groups is 2. The van der Waals surface area contributed by atoms with Crippen LogP contribution in [0, 0.1) is 22.7 Å². The highest BCUT2D eigenvalue weighted by atomic mass is 16.6. The molecule has 7 aliphatic rings. The fourth-order valence-corrected chi connectivity index (χ4v) is 11.1. The van der Waals surface area contributed by atoms with Crippen molar-refractivity contribution in [3.63, 3.8) is 0 Å². The average molecular weight is 787 g/mol. The zero-order valence-electron chi connectivity index (χ0n) is 33.7. The van der Waals surface area contributed by atoms with Gasteiger partial charge in [-0.2, -0.15) is 0 Å². The molecule has 5 aliphatic heterocycles. The fraction of sp³-hybridized carbons (Fsp3) is 0.628. The molecule has 5 fully saturated rings. The molecule has 14 nitrogen and oxygen atoms in total.